The number of fused-ring (bicyclic) bond motifs is 1. The van der Waals surface area contributed by atoms with E-state index in [1.54, 1.807) is 0 Å². The Morgan fingerprint density at radius 3 is 2.56 bits per heavy atom. The molecule has 3 rings (SSSR count). The van der Waals surface area contributed by atoms with Gasteiger partial charge in [0.15, 0.2) is 0 Å². The first-order chi connectivity index (χ1) is 12.5. The molecule has 1 aromatic carbocycles. The molecule has 5 N–H and O–H groups in total. The highest BCUT2D eigenvalue weighted by atomic mass is 35.5. The topological polar surface area (TPSA) is 130 Å². The maximum Gasteiger partial charge on any atom is 0.244 e. The Kier molecular flexibility index (Phi) is 5.52. The molecule has 1 saturated carbocycles. The second kappa shape index (κ2) is 7.16. The van der Waals surface area contributed by atoms with Gasteiger partial charge in [-0.1, -0.05) is 11.6 Å². The van der Waals surface area contributed by atoms with Crippen molar-refractivity contribution in [1.82, 2.24) is 10.0 Å². The van der Waals surface area contributed by atoms with E-state index in [0.717, 1.165) is 25.3 Å². The summed E-state index contributed by atoms with van der Waals surface area (Å²) in [7, 11) is -6.10. The summed E-state index contributed by atoms with van der Waals surface area (Å²) in [5.74, 6) is 0.527. The van der Waals surface area contributed by atoms with Crippen LogP contribution in [0.1, 0.15) is 39.0 Å². The molecule has 27 heavy (non-hydrogen) atoms. The van der Waals surface area contributed by atoms with Crippen molar-refractivity contribution in [2.24, 2.45) is 11.1 Å². The lowest BCUT2D eigenvalue weighted by Gasteiger charge is -2.45. The number of hydrogen-bond donors (Lipinski definition) is 4. The van der Waals surface area contributed by atoms with Gasteiger partial charge in [-0.15, -0.1) is 0 Å². The normalized spacial score (nSPS) is 28.4. The lowest BCUT2D eigenvalue weighted by atomic mass is 9.79. The molecule has 0 saturated heterocycles. The highest BCUT2D eigenvalue weighted by molar-refractivity contribution is 7.90. The molecule has 1 atom stereocenters. The van der Waals surface area contributed by atoms with Gasteiger partial charge in [0.25, 0.3) is 0 Å². The molecule has 0 radical (unpaired) electrons. The lowest BCUT2D eigenvalue weighted by molar-refractivity contribution is 0.219. The van der Waals surface area contributed by atoms with E-state index < -0.39 is 30.6 Å². The van der Waals surface area contributed by atoms with Crippen molar-refractivity contribution in [3.05, 3.63) is 17.2 Å². The van der Waals surface area contributed by atoms with Crippen molar-refractivity contribution in [2.45, 2.75) is 60.5 Å². The molecule has 1 heterocycles. The summed E-state index contributed by atoms with van der Waals surface area (Å²) in [6.07, 6.45) is 4.10. The number of halogens is 1. The summed E-state index contributed by atoms with van der Waals surface area (Å²) in [6, 6.07) is 2.75. The van der Waals surface area contributed by atoms with Gasteiger partial charge in [-0.2, -0.15) is 4.72 Å². The average molecular weight is 437 g/mol. The van der Waals surface area contributed by atoms with Crippen LogP contribution >= 0.6 is 11.6 Å². The quantitative estimate of drug-likeness (QED) is 0.566. The van der Waals surface area contributed by atoms with Crippen molar-refractivity contribution in [2.75, 3.05) is 12.4 Å². The number of anilines is 1. The van der Waals surface area contributed by atoms with E-state index in [9.17, 15) is 16.8 Å². The number of nitrogens with one attached hydrogen (secondary N) is 3. The van der Waals surface area contributed by atoms with Gasteiger partial charge >= 0.3 is 0 Å². The molecule has 0 aromatic heterocycles. The van der Waals surface area contributed by atoms with E-state index >= 15 is 0 Å². The summed E-state index contributed by atoms with van der Waals surface area (Å²) < 4.78 is 51.6. The summed E-state index contributed by atoms with van der Waals surface area (Å²) in [6.45, 7) is 2.13. The number of hydrogen-bond acceptors (Lipinski definition) is 6. The number of primary sulfonamides is 1. The fourth-order valence-corrected chi connectivity index (χ4v) is 6.64. The zero-order chi connectivity index (χ0) is 20.0. The Labute approximate surface area is 165 Å². The first-order valence-electron chi connectivity index (χ1n) is 8.81. The van der Waals surface area contributed by atoms with Gasteiger partial charge in [0, 0.05) is 6.04 Å². The molecular formula is C16H25ClN4O4S2. The average Bonchev–Trinajstić information content (AvgIpc) is 2.54. The zero-order valence-corrected chi connectivity index (χ0v) is 17.6. The van der Waals surface area contributed by atoms with E-state index in [4.69, 9.17) is 16.7 Å². The molecule has 0 bridgehead atoms. The second-order valence-corrected chi connectivity index (χ2v) is 11.1. The fraction of sp³-hybridized carbons (Fsp3) is 0.625. The van der Waals surface area contributed by atoms with Crippen molar-refractivity contribution >= 4 is 37.3 Å². The van der Waals surface area contributed by atoms with Gasteiger partial charge in [0.05, 0.1) is 10.7 Å². The molecule has 11 heteroatoms. The number of nitrogens with two attached hydrogens (primary N) is 1. The van der Waals surface area contributed by atoms with Crippen molar-refractivity contribution in [1.29, 1.82) is 0 Å². The summed E-state index contributed by atoms with van der Waals surface area (Å²) in [4.78, 5) is -0.566. The molecular weight excluding hydrogens is 412 g/mol. The zero-order valence-electron chi connectivity index (χ0n) is 15.2. The van der Waals surface area contributed by atoms with E-state index in [1.807, 2.05) is 7.05 Å². The van der Waals surface area contributed by atoms with Crippen LogP contribution < -0.4 is 20.5 Å². The minimum Gasteiger partial charge on any atom is -0.365 e. The predicted octanol–water partition coefficient (Wildman–Crippen LogP) is 1.58. The van der Waals surface area contributed by atoms with Gasteiger partial charge in [-0.25, -0.2) is 22.0 Å². The predicted molar refractivity (Wildman–Crippen MR) is 105 cm³/mol. The number of rotatable bonds is 4. The van der Waals surface area contributed by atoms with Crippen LogP contribution in [0.15, 0.2) is 21.9 Å². The third kappa shape index (κ3) is 4.25. The molecule has 152 valence electrons. The highest BCUT2D eigenvalue weighted by Crippen LogP contribution is 2.42. The minimum absolute atomic E-state index is 0.104. The third-order valence-electron chi connectivity index (χ3n) is 5.47. The first-order valence-corrected chi connectivity index (χ1v) is 12.2. The third-order valence-corrected chi connectivity index (χ3v) is 8.42. The van der Waals surface area contributed by atoms with E-state index in [2.05, 4.69) is 22.3 Å². The Bertz CT molecular complexity index is 941. The summed E-state index contributed by atoms with van der Waals surface area (Å²) in [5.41, 5.74) is -0.481. The Balaban J connectivity index is 1.89. The van der Waals surface area contributed by atoms with Gasteiger partial charge in [0.1, 0.15) is 15.5 Å². The molecule has 1 unspecified atom stereocenters. The van der Waals surface area contributed by atoms with Gasteiger partial charge < -0.3 is 10.6 Å². The van der Waals surface area contributed by atoms with Crippen LogP contribution in [0.25, 0.3) is 0 Å². The number of benzene rings is 1. The smallest absolute Gasteiger partial charge is 0.244 e. The summed E-state index contributed by atoms with van der Waals surface area (Å²) in [5, 5.41) is 11.5. The molecule has 1 aromatic rings. The molecule has 8 nitrogen and oxygen atoms in total. The van der Waals surface area contributed by atoms with E-state index in [0.29, 0.717) is 30.5 Å². The van der Waals surface area contributed by atoms with Crippen LogP contribution in [0.4, 0.5) is 5.69 Å². The Hall–Kier alpha value is -0.910. The van der Waals surface area contributed by atoms with Crippen LogP contribution in [0, 0.1) is 5.92 Å². The molecule has 2 aliphatic rings. The fourth-order valence-electron chi connectivity index (χ4n) is 3.92. The van der Waals surface area contributed by atoms with Crippen LogP contribution in [0.3, 0.4) is 0 Å². The first kappa shape index (κ1) is 20.8. The van der Waals surface area contributed by atoms with E-state index in [-0.39, 0.29) is 9.92 Å². The summed E-state index contributed by atoms with van der Waals surface area (Å²) >= 11 is 6.04. The maximum absolute atomic E-state index is 12.8. The van der Waals surface area contributed by atoms with Crippen LogP contribution in [0.2, 0.25) is 5.02 Å². The van der Waals surface area contributed by atoms with Gasteiger partial charge in [0.2, 0.25) is 20.0 Å². The van der Waals surface area contributed by atoms with Gasteiger partial charge in [-0.05, 0) is 64.1 Å². The van der Waals surface area contributed by atoms with Gasteiger partial charge in [-0.3, -0.25) is 0 Å². The monoisotopic (exact) mass is 436 g/mol. The van der Waals surface area contributed by atoms with Crippen LogP contribution in [-0.2, 0) is 20.0 Å². The van der Waals surface area contributed by atoms with Crippen molar-refractivity contribution in [3.8, 4) is 0 Å². The second-order valence-electron chi connectivity index (χ2n) is 7.51. The molecule has 1 fully saturated rings. The van der Waals surface area contributed by atoms with E-state index in [1.165, 1.54) is 6.07 Å². The number of sulfonamides is 2. The molecule has 1 aliphatic carbocycles. The largest absolute Gasteiger partial charge is 0.365 e. The van der Waals surface area contributed by atoms with Crippen LogP contribution in [0.5, 0.6) is 0 Å². The molecule has 1 aliphatic heterocycles. The molecule has 1 spiro atoms. The highest BCUT2D eigenvalue weighted by Gasteiger charge is 2.44. The SMILES string of the molecule is CNC(C)CC1CCC2(CC1)Nc1cc(Cl)c(S(N)(=O)=O)cc1S(=O)(=O)N2. The van der Waals surface area contributed by atoms with Crippen molar-refractivity contribution in [3.63, 3.8) is 0 Å². The standard InChI is InChI=1S/C16H25ClN4O4S2/c1-10(19-2)7-11-3-5-16(6-4-11)20-13-8-12(17)14(26(18,22)23)9-15(13)27(24,25)21-16/h8-11,19-21H,3-7H2,1-2H3,(H2,18,22,23). The van der Waals surface area contributed by atoms with Crippen LogP contribution in [-0.4, -0.2) is 35.6 Å². The van der Waals surface area contributed by atoms with Crippen molar-refractivity contribution < 1.29 is 16.8 Å². The Morgan fingerprint density at radius 2 is 2.00 bits per heavy atom. The Morgan fingerprint density at radius 1 is 1.37 bits per heavy atom. The maximum atomic E-state index is 12.8. The minimum atomic E-state index is -4.13. The lowest BCUT2D eigenvalue weighted by Crippen LogP contribution is -2.59. The molecule has 0 amide bonds.